The first-order valence-corrected chi connectivity index (χ1v) is 12.8. The highest BCUT2D eigenvalue weighted by Gasteiger charge is 2.70. The smallest absolute Gasteiger partial charge is 0.355 e. The minimum absolute atomic E-state index is 0.115. The van der Waals surface area contributed by atoms with Gasteiger partial charge in [0.25, 0.3) is 0 Å². The van der Waals surface area contributed by atoms with Crippen LogP contribution in [0.3, 0.4) is 0 Å². The average Bonchev–Trinajstić information content (AvgIpc) is 3.49. The summed E-state index contributed by atoms with van der Waals surface area (Å²) in [5, 5.41) is 14.7. The summed E-state index contributed by atoms with van der Waals surface area (Å²) in [5.74, 6) is 0.902. The largest absolute Gasteiger partial charge is 0.434 e. The first-order valence-electron chi connectivity index (χ1n) is 11.5. The molecule has 2 aliphatic rings. The Kier molecular flexibility index (Phi) is 4.71. The van der Waals surface area contributed by atoms with E-state index in [9.17, 15) is 13.2 Å². The van der Waals surface area contributed by atoms with Crippen LogP contribution in [0.2, 0.25) is 5.02 Å². The van der Waals surface area contributed by atoms with Crippen LogP contribution in [0.4, 0.5) is 19.0 Å². The summed E-state index contributed by atoms with van der Waals surface area (Å²) in [6, 6.07) is 3.76. The van der Waals surface area contributed by atoms with Crippen molar-refractivity contribution >= 4 is 50.8 Å². The van der Waals surface area contributed by atoms with Crippen LogP contribution in [-0.4, -0.2) is 54.6 Å². The summed E-state index contributed by atoms with van der Waals surface area (Å²) in [7, 11) is 1.84. The molecule has 1 saturated heterocycles. The Morgan fingerprint density at radius 1 is 1.24 bits per heavy atom. The third kappa shape index (κ3) is 3.23. The van der Waals surface area contributed by atoms with E-state index < -0.39 is 17.3 Å². The molecule has 14 heteroatoms. The highest BCUT2D eigenvalue weighted by molar-refractivity contribution is 7.09. The normalized spacial score (nSPS) is 23.4. The number of nitrogens with zero attached hydrogens (tertiary/aromatic N) is 7. The Bertz CT molecular complexity index is 1680. The highest BCUT2D eigenvalue weighted by Crippen LogP contribution is 2.64. The van der Waals surface area contributed by atoms with Crippen LogP contribution in [0, 0.1) is 11.8 Å². The predicted molar refractivity (Wildman–Crippen MR) is 133 cm³/mol. The lowest BCUT2D eigenvalue weighted by Gasteiger charge is -2.25. The van der Waals surface area contributed by atoms with Crippen molar-refractivity contribution in [3.63, 3.8) is 0 Å². The zero-order valence-corrected chi connectivity index (χ0v) is 20.9. The van der Waals surface area contributed by atoms with Gasteiger partial charge in [0.1, 0.15) is 22.0 Å². The number of alkyl halides is 3. The molecule has 7 rings (SSSR count). The number of piperidine rings is 1. The molecule has 0 radical (unpaired) electrons. The Morgan fingerprint density at radius 2 is 2.03 bits per heavy atom. The lowest BCUT2D eigenvalue weighted by molar-refractivity contribution is -0.140. The summed E-state index contributed by atoms with van der Waals surface area (Å²) in [5.41, 5.74) is 7.96. The van der Waals surface area contributed by atoms with Gasteiger partial charge < -0.3 is 10.6 Å². The van der Waals surface area contributed by atoms with Gasteiger partial charge in [-0.2, -0.15) is 23.4 Å². The molecule has 1 aromatic carbocycles. The van der Waals surface area contributed by atoms with E-state index in [1.807, 2.05) is 25.4 Å². The Labute approximate surface area is 216 Å². The predicted octanol–water partition coefficient (Wildman–Crippen LogP) is 4.00. The van der Waals surface area contributed by atoms with Crippen LogP contribution in [0.15, 0.2) is 29.9 Å². The van der Waals surface area contributed by atoms with Gasteiger partial charge in [-0.25, -0.2) is 15.0 Å². The molecule has 1 aliphatic carbocycles. The fourth-order valence-electron chi connectivity index (χ4n) is 5.74. The van der Waals surface area contributed by atoms with Crippen LogP contribution in [0.5, 0.6) is 0 Å². The Balaban J connectivity index is 1.15. The average molecular weight is 546 g/mol. The number of anilines is 1. The molecule has 9 nitrogen and oxygen atoms in total. The fraction of sp³-hybridized carbons (Fsp3) is 0.348. The van der Waals surface area contributed by atoms with Crippen molar-refractivity contribution in [3.05, 3.63) is 45.6 Å². The summed E-state index contributed by atoms with van der Waals surface area (Å²) >= 11 is 7.72. The number of hydrogen-bond donors (Lipinski definition) is 2. The molecule has 0 unspecified atom stereocenters. The fourth-order valence-corrected chi connectivity index (χ4v) is 7.20. The van der Waals surface area contributed by atoms with Crippen LogP contribution in [-0.2, 0) is 18.6 Å². The second-order valence-electron chi connectivity index (χ2n) is 9.56. The maximum Gasteiger partial charge on any atom is 0.434 e. The van der Waals surface area contributed by atoms with E-state index in [1.165, 1.54) is 0 Å². The van der Waals surface area contributed by atoms with Crippen molar-refractivity contribution < 1.29 is 13.2 Å². The monoisotopic (exact) mass is 545 g/mol. The second kappa shape index (κ2) is 7.62. The van der Waals surface area contributed by atoms with Gasteiger partial charge in [-0.1, -0.05) is 11.6 Å². The third-order valence-corrected chi connectivity index (χ3v) is 9.08. The van der Waals surface area contributed by atoms with Gasteiger partial charge in [-0.3, -0.25) is 9.78 Å². The Morgan fingerprint density at radius 3 is 2.73 bits per heavy atom. The number of rotatable bonds is 4. The molecule has 0 bridgehead atoms. The molecule has 5 heterocycles. The molecule has 0 spiro atoms. The molecular formula is C23H19ClF3N9S. The van der Waals surface area contributed by atoms with Crippen molar-refractivity contribution in [1.82, 2.24) is 34.9 Å². The molecule has 3 N–H and O–H groups in total. The van der Waals surface area contributed by atoms with E-state index in [-0.39, 0.29) is 18.4 Å². The van der Waals surface area contributed by atoms with Gasteiger partial charge >= 0.3 is 6.18 Å². The van der Waals surface area contributed by atoms with E-state index in [1.54, 1.807) is 10.9 Å². The number of aromatic nitrogens is 7. The molecule has 190 valence electrons. The highest BCUT2D eigenvalue weighted by atomic mass is 35.5. The summed E-state index contributed by atoms with van der Waals surface area (Å²) in [6.45, 7) is 1.50. The molecule has 5 aromatic rings. The zero-order valence-electron chi connectivity index (χ0n) is 19.3. The van der Waals surface area contributed by atoms with Gasteiger partial charge in [0.05, 0.1) is 16.7 Å². The number of H-pyrrole nitrogens is 1. The van der Waals surface area contributed by atoms with Gasteiger partial charge in [-0.15, -0.1) is 11.3 Å². The van der Waals surface area contributed by atoms with Gasteiger partial charge in [-0.05, 0) is 24.0 Å². The SMILES string of the molecule is Cn1cc2c(Cl)c(-c3n[nH]c4nc(N5C[C@@H]6[C@H](C5)[C@]6(CN)c5nc(C(F)(F)F)cs5)cnc34)ccc2n1. The van der Waals surface area contributed by atoms with Gasteiger partial charge in [0.2, 0.25) is 0 Å². The van der Waals surface area contributed by atoms with Crippen LogP contribution in [0.1, 0.15) is 10.7 Å². The van der Waals surface area contributed by atoms with E-state index in [4.69, 9.17) is 22.3 Å². The zero-order chi connectivity index (χ0) is 25.7. The van der Waals surface area contributed by atoms with Gasteiger partial charge in [0.15, 0.2) is 11.3 Å². The molecule has 2 fully saturated rings. The summed E-state index contributed by atoms with van der Waals surface area (Å²) in [6.07, 6.45) is -0.907. The van der Waals surface area contributed by atoms with Crippen molar-refractivity contribution in [1.29, 1.82) is 0 Å². The summed E-state index contributed by atoms with van der Waals surface area (Å²) in [4.78, 5) is 15.4. The Hall–Kier alpha value is -3.29. The molecule has 0 amide bonds. The number of hydrogen-bond acceptors (Lipinski definition) is 8. The quantitative estimate of drug-likeness (QED) is 0.351. The van der Waals surface area contributed by atoms with Crippen molar-refractivity contribution in [2.75, 3.05) is 24.5 Å². The van der Waals surface area contributed by atoms with Crippen LogP contribution < -0.4 is 10.6 Å². The number of benzene rings is 1. The van der Waals surface area contributed by atoms with Crippen LogP contribution in [0.25, 0.3) is 33.3 Å². The maximum atomic E-state index is 13.1. The molecule has 37 heavy (non-hydrogen) atoms. The number of aromatic amines is 1. The second-order valence-corrected chi connectivity index (χ2v) is 10.8. The maximum absolute atomic E-state index is 13.1. The number of thiazole rings is 1. The minimum Gasteiger partial charge on any atom is -0.355 e. The third-order valence-electron chi connectivity index (χ3n) is 7.64. The summed E-state index contributed by atoms with van der Waals surface area (Å²) < 4.78 is 41.0. The number of aryl methyl sites for hydroxylation is 1. The first kappa shape index (κ1) is 22.9. The van der Waals surface area contributed by atoms with E-state index in [0.29, 0.717) is 45.8 Å². The molecular weight excluding hydrogens is 527 g/mol. The number of halogens is 4. The number of nitrogens with two attached hydrogens (primary N) is 1. The van der Waals surface area contributed by atoms with E-state index >= 15 is 0 Å². The standard InChI is InChI=1S/C23H19ClF3N9S/c1-35-5-11-14(34-35)3-2-10(17(11)24)18-19-20(33-32-18)31-16(4-29-19)36-6-12-13(7-36)22(12,9-28)21-30-15(8-37-21)23(25,26)27/h2-5,8,12-13H,6-7,9,28H2,1H3,(H,31,32,33)/t12-,13+,22-. The molecule has 1 aliphatic heterocycles. The van der Waals surface area contributed by atoms with Crippen molar-refractivity contribution in [2.45, 2.75) is 11.6 Å². The van der Waals surface area contributed by atoms with Crippen molar-refractivity contribution in [2.24, 2.45) is 24.6 Å². The van der Waals surface area contributed by atoms with E-state index in [0.717, 1.165) is 33.2 Å². The lowest BCUT2D eigenvalue weighted by atomic mass is 10.0. The van der Waals surface area contributed by atoms with Gasteiger partial charge in [0, 0.05) is 54.6 Å². The van der Waals surface area contributed by atoms with Crippen LogP contribution >= 0.6 is 22.9 Å². The number of fused-ring (bicyclic) bond motifs is 3. The lowest BCUT2D eigenvalue weighted by Crippen LogP contribution is -2.35. The van der Waals surface area contributed by atoms with Crippen molar-refractivity contribution in [3.8, 4) is 11.3 Å². The van der Waals surface area contributed by atoms with E-state index in [2.05, 4.69) is 30.2 Å². The minimum atomic E-state index is -4.46. The molecule has 1 saturated carbocycles. The molecule has 3 atom stereocenters. The first-order chi connectivity index (χ1) is 17.7. The topological polar surface area (TPSA) is 114 Å². The number of nitrogens with one attached hydrogen (secondary N) is 1. The molecule has 4 aromatic heterocycles.